The molecule has 0 aliphatic heterocycles. The second kappa shape index (κ2) is 7.62. The third kappa shape index (κ3) is 4.70. The standard InChI is InChI=1S/C19H16ClNO2/c1-13(2)19(22)23-18-9-3-14(4-10-18)11-16(12-21)15-5-7-17(20)8-6-15/h3-11,13H,1-2H3/b16-11-. The summed E-state index contributed by atoms with van der Waals surface area (Å²) in [6.07, 6.45) is 1.78. The van der Waals surface area contributed by atoms with Gasteiger partial charge in [0.1, 0.15) is 5.75 Å². The number of esters is 1. The summed E-state index contributed by atoms with van der Waals surface area (Å²) in [5.41, 5.74) is 2.18. The number of carbonyl (C=O) groups excluding carboxylic acids is 1. The van der Waals surface area contributed by atoms with Gasteiger partial charge in [-0.05, 0) is 41.5 Å². The highest BCUT2D eigenvalue weighted by atomic mass is 35.5. The largest absolute Gasteiger partial charge is 0.426 e. The van der Waals surface area contributed by atoms with Gasteiger partial charge in [0.05, 0.1) is 17.6 Å². The Hall–Kier alpha value is -2.57. The van der Waals surface area contributed by atoms with Crippen LogP contribution in [0.15, 0.2) is 48.5 Å². The summed E-state index contributed by atoms with van der Waals surface area (Å²) >= 11 is 5.86. The van der Waals surface area contributed by atoms with E-state index in [0.717, 1.165) is 11.1 Å². The van der Waals surface area contributed by atoms with Crippen LogP contribution in [-0.2, 0) is 4.79 Å². The molecule has 0 heterocycles. The Balaban J connectivity index is 2.19. The topological polar surface area (TPSA) is 50.1 Å². The van der Waals surface area contributed by atoms with E-state index in [-0.39, 0.29) is 11.9 Å². The minimum Gasteiger partial charge on any atom is -0.426 e. The molecule has 2 aromatic rings. The van der Waals surface area contributed by atoms with Crippen LogP contribution in [0.3, 0.4) is 0 Å². The molecular formula is C19H16ClNO2. The first kappa shape index (κ1) is 16.8. The zero-order valence-corrected chi connectivity index (χ0v) is 13.7. The van der Waals surface area contributed by atoms with Gasteiger partial charge in [-0.25, -0.2) is 0 Å². The molecule has 0 aliphatic carbocycles. The molecule has 0 unspecified atom stereocenters. The lowest BCUT2D eigenvalue weighted by Gasteiger charge is -2.06. The molecule has 0 N–H and O–H groups in total. The molecule has 4 heteroatoms. The maximum Gasteiger partial charge on any atom is 0.313 e. The molecule has 0 fully saturated rings. The van der Waals surface area contributed by atoms with Crippen LogP contribution < -0.4 is 4.74 Å². The molecule has 0 aromatic heterocycles. The minimum absolute atomic E-state index is 0.176. The fraction of sp³-hybridized carbons (Fsp3) is 0.158. The van der Waals surface area contributed by atoms with Crippen molar-refractivity contribution in [2.75, 3.05) is 0 Å². The van der Waals surface area contributed by atoms with Crippen LogP contribution in [0, 0.1) is 17.2 Å². The van der Waals surface area contributed by atoms with Gasteiger partial charge in [-0.3, -0.25) is 4.79 Å². The summed E-state index contributed by atoms with van der Waals surface area (Å²) in [7, 11) is 0. The van der Waals surface area contributed by atoms with Crippen molar-refractivity contribution in [2.45, 2.75) is 13.8 Å². The lowest BCUT2D eigenvalue weighted by atomic mass is 10.0. The van der Waals surface area contributed by atoms with Crippen molar-refractivity contribution in [2.24, 2.45) is 5.92 Å². The van der Waals surface area contributed by atoms with Crippen LogP contribution in [0.4, 0.5) is 0 Å². The molecular weight excluding hydrogens is 310 g/mol. The zero-order valence-electron chi connectivity index (χ0n) is 12.9. The molecule has 116 valence electrons. The zero-order chi connectivity index (χ0) is 16.8. The van der Waals surface area contributed by atoms with Gasteiger partial charge in [-0.1, -0.05) is 49.7 Å². The van der Waals surface area contributed by atoms with Crippen molar-refractivity contribution >= 4 is 29.2 Å². The summed E-state index contributed by atoms with van der Waals surface area (Å²) < 4.78 is 5.22. The SMILES string of the molecule is CC(C)C(=O)Oc1ccc(/C=C(/C#N)c2ccc(Cl)cc2)cc1. The Kier molecular flexibility index (Phi) is 5.56. The Morgan fingerprint density at radius 2 is 1.74 bits per heavy atom. The van der Waals surface area contributed by atoms with Gasteiger partial charge in [0.15, 0.2) is 0 Å². The Morgan fingerprint density at radius 3 is 2.26 bits per heavy atom. The predicted octanol–water partition coefficient (Wildman–Crippen LogP) is 4.97. The molecule has 0 amide bonds. The lowest BCUT2D eigenvalue weighted by molar-refractivity contribution is -0.137. The van der Waals surface area contributed by atoms with E-state index in [4.69, 9.17) is 16.3 Å². The maximum absolute atomic E-state index is 11.5. The number of nitrogens with zero attached hydrogens (tertiary/aromatic N) is 1. The van der Waals surface area contributed by atoms with E-state index in [1.807, 2.05) is 0 Å². The second-order valence-electron chi connectivity index (χ2n) is 5.32. The van der Waals surface area contributed by atoms with Crippen molar-refractivity contribution in [3.8, 4) is 11.8 Å². The average molecular weight is 326 g/mol. The maximum atomic E-state index is 11.5. The highest BCUT2D eigenvalue weighted by Crippen LogP contribution is 2.21. The van der Waals surface area contributed by atoms with Crippen LogP contribution in [0.2, 0.25) is 5.02 Å². The summed E-state index contributed by atoms with van der Waals surface area (Å²) in [4.78, 5) is 11.5. The van der Waals surface area contributed by atoms with Gasteiger partial charge in [0.2, 0.25) is 0 Å². The van der Waals surface area contributed by atoms with Crippen LogP contribution in [0.1, 0.15) is 25.0 Å². The van der Waals surface area contributed by atoms with Crippen LogP contribution in [-0.4, -0.2) is 5.97 Å². The van der Waals surface area contributed by atoms with Gasteiger partial charge in [0.25, 0.3) is 0 Å². The number of hydrogen-bond acceptors (Lipinski definition) is 3. The highest BCUT2D eigenvalue weighted by molar-refractivity contribution is 6.30. The summed E-state index contributed by atoms with van der Waals surface area (Å²) in [5.74, 6) is 0.0442. The van der Waals surface area contributed by atoms with E-state index in [0.29, 0.717) is 16.3 Å². The van der Waals surface area contributed by atoms with E-state index >= 15 is 0 Å². The van der Waals surface area contributed by atoms with E-state index in [1.54, 1.807) is 68.5 Å². The monoisotopic (exact) mass is 325 g/mol. The van der Waals surface area contributed by atoms with Gasteiger partial charge >= 0.3 is 5.97 Å². The van der Waals surface area contributed by atoms with Crippen molar-refractivity contribution in [3.63, 3.8) is 0 Å². The van der Waals surface area contributed by atoms with Crippen molar-refractivity contribution in [1.82, 2.24) is 0 Å². The Labute approximate surface area is 140 Å². The second-order valence-corrected chi connectivity index (χ2v) is 5.76. The van der Waals surface area contributed by atoms with Gasteiger partial charge in [0, 0.05) is 5.02 Å². The summed E-state index contributed by atoms with van der Waals surface area (Å²) in [6, 6.07) is 16.3. The normalized spacial score (nSPS) is 11.2. The fourth-order valence-electron chi connectivity index (χ4n) is 1.84. The third-order valence-corrected chi connectivity index (χ3v) is 3.41. The molecule has 0 bridgehead atoms. The minimum atomic E-state index is -0.271. The number of halogens is 1. The quantitative estimate of drug-likeness (QED) is 0.345. The fourth-order valence-corrected chi connectivity index (χ4v) is 1.97. The smallest absolute Gasteiger partial charge is 0.313 e. The number of hydrogen-bond donors (Lipinski definition) is 0. The van der Waals surface area contributed by atoms with Crippen molar-refractivity contribution in [1.29, 1.82) is 5.26 Å². The molecule has 0 radical (unpaired) electrons. The van der Waals surface area contributed by atoms with Gasteiger partial charge in [-0.2, -0.15) is 5.26 Å². The third-order valence-electron chi connectivity index (χ3n) is 3.16. The van der Waals surface area contributed by atoms with Crippen molar-refractivity contribution in [3.05, 3.63) is 64.7 Å². The summed E-state index contributed by atoms with van der Waals surface area (Å²) in [6.45, 7) is 3.56. The van der Waals surface area contributed by atoms with E-state index < -0.39 is 0 Å². The molecule has 0 saturated heterocycles. The molecule has 3 nitrogen and oxygen atoms in total. The molecule has 2 aromatic carbocycles. The number of ether oxygens (including phenoxy) is 1. The van der Waals surface area contributed by atoms with Crippen molar-refractivity contribution < 1.29 is 9.53 Å². The average Bonchev–Trinajstić information content (AvgIpc) is 2.55. The molecule has 0 saturated carbocycles. The summed E-state index contributed by atoms with van der Waals surface area (Å²) in [5, 5.41) is 9.95. The first-order valence-electron chi connectivity index (χ1n) is 7.19. The highest BCUT2D eigenvalue weighted by Gasteiger charge is 2.09. The molecule has 0 aliphatic rings. The first-order valence-corrected chi connectivity index (χ1v) is 7.57. The molecule has 23 heavy (non-hydrogen) atoms. The number of nitriles is 1. The number of allylic oxidation sites excluding steroid dienone is 1. The predicted molar refractivity (Wildman–Crippen MR) is 91.9 cm³/mol. The van der Waals surface area contributed by atoms with E-state index in [1.165, 1.54) is 0 Å². The van der Waals surface area contributed by atoms with Crippen LogP contribution in [0.25, 0.3) is 11.6 Å². The molecule has 2 rings (SSSR count). The van der Waals surface area contributed by atoms with Gasteiger partial charge < -0.3 is 4.74 Å². The number of carbonyl (C=O) groups is 1. The molecule has 0 spiro atoms. The van der Waals surface area contributed by atoms with E-state index in [2.05, 4.69) is 6.07 Å². The van der Waals surface area contributed by atoms with E-state index in [9.17, 15) is 10.1 Å². The molecule has 0 atom stereocenters. The van der Waals surface area contributed by atoms with Crippen LogP contribution >= 0.6 is 11.6 Å². The lowest BCUT2D eigenvalue weighted by Crippen LogP contribution is -2.14. The first-order chi connectivity index (χ1) is 11.0. The Morgan fingerprint density at radius 1 is 1.13 bits per heavy atom. The number of benzene rings is 2. The number of rotatable bonds is 4. The van der Waals surface area contributed by atoms with Crippen LogP contribution in [0.5, 0.6) is 5.75 Å². The van der Waals surface area contributed by atoms with Gasteiger partial charge in [-0.15, -0.1) is 0 Å². The Bertz CT molecular complexity index is 753.